The lowest BCUT2D eigenvalue weighted by molar-refractivity contribution is -0.0512. The topological polar surface area (TPSA) is 47.6 Å². The van der Waals surface area contributed by atoms with E-state index in [1.807, 2.05) is 0 Å². The summed E-state index contributed by atoms with van der Waals surface area (Å²) in [7, 11) is 1.31. The van der Waals surface area contributed by atoms with Crippen molar-refractivity contribution in [2.45, 2.75) is 13.2 Å². The standard InChI is InChI=1S/C16H13BrF3NO3/c1-23-14-6-9(2-5-13(14)24-16(19)20)8-21-15(22)11-4-3-10(17)7-12(11)18/h2-7,16H,8H2,1H3,(H,21,22). The van der Waals surface area contributed by atoms with Gasteiger partial charge < -0.3 is 14.8 Å². The Kier molecular flexibility index (Phi) is 6.08. The molecule has 1 N–H and O–H groups in total. The summed E-state index contributed by atoms with van der Waals surface area (Å²) in [6, 6.07) is 8.36. The van der Waals surface area contributed by atoms with Crippen molar-refractivity contribution in [3.8, 4) is 11.5 Å². The minimum Gasteiger partial charge on any atom is -0.493 e. The number of hydrogen-bond donors (Lipinski definition) is 1. The zero-order chi connectivity index (χ0) is 17.7. The highest BCUT2D eigenvalue weighted by atomic mass is 79.9. The van der Waals surface area contributed by atoms with Crippen molar-refractivity contribution in [1.82, 2.24) is 5.32 Å². The Bertz CT molecular complexity index is 741. The third kappa shape index (κ3) is 4.64. The first-order valence-corrected chi connectivity index (χ1v) is 7.55. The van der Waals surface area contributed by atoms with Gasteiger partial charge in [-0.2, -0.15) is 8.78 Å². The molecule has 2 aromatic rings. The number of benzene rings is 2. The van der Waals surface area contributed by atoms with Crippen LogP contribution in [0.4, 0.5) is 13.2 Å². The number of ether oxygens (including phenoxy) is 2. The molecule has 0 aromatic heterocycles. The van der Waals surface area contributed by atoms with Crippen molar-refractivity contribution < 1.29 is 27.4 Å². The van der Waals surface area contributed by atoms with Gasteiger partial charge >= 0.3 is 6.61 Å². The van der Waals surface area contributed by atoms with Crippen LogP contribution >= 0.6 is 15.9 Å². The monoisotopic (exact) mass is 403 g/mol. The van der Waals surface area contributed by atoms with Crippen LogP contribution in [0.5, 0.6) is 11.5 Å². The Morgan fingerprint density at radius 1 is 1.21 bits per heavy atom. The Morgan fingerprint density at radius 3 is 2.58 bits per heavy atom. The van der Waals surface area contributed by atoms with Crippen LogP contribution in [-0.2, 0) is 6.54 Å². The van der Waals surface area contributed by atoms with E-state index in [0.717, 1.165) is 0 Å². The van der Waals surface area contributed by atoms with E-state index in [1.165, 1.54) is 37.4 Å². The van der Waals surface area contributed by atoms with Crippen LogP contribution in [0.25, 0.3) is 0 Å². The molecule has 2 aromatic carbocycles. The van der Waals surface area contributed by atoms with Crippen LogP contribution < -0.4 is 14.8 Å². The second-order valence-electron chi connectivity index (χ2n) is 4.67. The van der Waals surface area contributed by atoms with Crippen molar-refractivity contribution in [2.75, 3.05) is 7.11 Å². The number of amides is 1. The highest BCUT2D eigenvalue weighted by molar-refractivity contribution is 9.10. The van der Waals surface area contributed by atoms with E-state index in [1.54, 1.807) is 6.07 Å². The number of hydrogen-bond acceptors (Lipinski definition) is 3. The van der Waals surface area contributed by atoms with Gasteiger partial charge in [0.05, 0.1) is 12.7 Å². The van der Waals surface area contributed by atoms with Gasteiger partial charge in [0.15, 0.2) is 11.5 Å². The van der Waals surface area contributed by atoms with E-state index >= 15 is 0 Å². The maximum absolute atomic E-state index is 13.7. The van der Waals surface area contributed by atoms with Gasteiger partial charge in [0.2, 0.25) is 0 Å². The fourth-order valence-electron chi connectivity index (χ4n) is 1.97. The molecule has 2 rings (SSSR count). The van der Waals surface area contributed by atoms with E-state index < -0.39 is 18.3 Å². The molecule has 0 spiro atoms. The fourth-order valence-corrected chi connectivity index (χ4v) is 2.30. The molecular weight excluding hydrogens is 391 g/mol. The minimum absolute atomic E-state index is 0.0691. The Balaban J connectivity index is 2.07. The first kappa shape index (κ1) is 18.1. The van der Waals surface area contributed by atoms with E-state index in [-0.39, 0.29) is 23.6 Å². The average Bonchev–Trinajstić information content (AvgIpc) is 2.53. The van der Waals surface area contributed by atoms with Gasteiger partial charge in [-0.15, -0.1) is 0 Å². The summed E-state index contributed by atoms with van der Waals surface area (Å²) < 4.78 is 48.1. The summed E-state index contributed by atoms with van der Waals surface area (Å²) in [5.41, 5.74) is 0.488. The molecule has 0 aliphatic heterocycles. The molecule has 0 aliphatic carbocycles. The van der Waals surface area contributed by atoms with E-state index in [9.17, 15) is 18.0 Å². The first-order chi connectivity index (χ1) is 11.4. The molecule has 128 valence electrons. The molecule has 0 unspecified atom stereocenters. The highest BCUT2D eigenvalue weighted by Crippen LogP contribution is 2.29. The maximum atomic E-state index is 13.7. The summed E-state index contributed by atoms with van der Waals surface area (Å²) in [6.45, 7) is -2.90. The Labute approximate surface area is 144 Å². The predicted molar refractivity (Wildman–Crippen MR) is 84.9 cm³/mol. The molecule has 0 aliphatic rings. The van der Waals surface area contributed by atoms with Crippen LogP contribution in [-0.4, -0.2) is 19.6 Å². The maximum Gasteiger partial charge on any atom is 0.387 e. The van der Waals surface area contributed by atoms with Crippen LogP contribution in [0.2, 0.25) is 0 Å². The van der Waals surface area contributed by atoms with Gasteiger partial charge in [-0.3, -0.25) is 4.79 Å². The molecule has 4 nitrogen and oxygen atoms in total. The second kappa shape index (κ2) is 8.05. The van der Waals surface area contributed by atoms with Crippen LogP contribution in [0.3, 0.4) is 0 Å². The largest absolute Gasteiger partial charge is 0.493 e. The number of halogens is 4. The number of alkyl halides is 2. The zero-order valence-corrected chi connectivity index (χ0v) is 14.1. The first-order valence-electron chi connectivity index (χ1n) is 6.75. The van der Waals surface area contributed by atoms with Crippen molar-refractivity contribution in [2.24, 2.45) is 0 Å². The number of rotatable bonds is 6. The number of nitrogens with one attached hydrogen (secondary N) is 1. The van der Waals surface area contributed by atoms with Crippen molar-refractivity contribution in [3.63, 3.8) is 0 Å². The third-order valence-corrected chi connectivity index (χ3v) is 3.57. The number of methoxy groups -OCH3 is 1. The predicted octanol–water partition coefficient (Wildman–Crippen LogP) is 4.13. The van der Waals surface area contributed by atoms with Crippen molar-refractivity contribution in [1.29, 1.82) is 0 Å². The third-order valence-electron chi connectivity index (χ3n) is 3.07. The van der Waals surface area contributed by atoms with Gasteiger partial charge in [-0.25, -0.2) is 4.39 Å². The number of carbonyl (C=O) groups is 1. The molecule has 0 saturated carbocycles. The highest BCUT2D eigenvalue weighted by Gasteiger charge is 2.14. The molecule has 0 fully saturated rings. The summed E-state index contributed by atoms with van der Waals surface area (Å²) in [5, 5.41) is 2.55. The van der Waals surface area contributed by atoms with Crippen LogP contribution in [0, 0.1) is 5.82 Å². The zero-order valence-electron chi connectivity index (χ0n) is 12.5. The SMILES string of the molecule is COc1cc(CNC(=O)c2ccc(Br)cc2F)ccc1OC(F)F. The summed E-state index contributed by atoms with van der Waals surface area (Å²) in [5.74, 6) is -1.24. The lowest BCUT2D eigenvalue weighted by Crippen LogP contribution is -2.23. The van der Waals surface area contributed by atoms with Gasteiger partial charge in [-0.05, 0) is 35.9 Å². The molecule has 8 heteroatoms. The van der Waals surface area contributed by atoms with Crippen molar-refractivity contribution in [3.05, 3.63) is 57.8 Å². The van der Waals surface area contributed by atoms with E-state index in [2.05, 4.69) is 26.0 Å². The smallest absolute Gasteiger partial charge is 0.387 e. The van der Waals surface area contributed by atoms with Crippen LogP contribution in [0.1, 0.15) is 15.9 Å². The van der Waals surface area contributed by atoms with E-state index in [4.69, 9.17) is 4.74 Å². The number of carbonyl (C=O) groups excluding carboxylic acids is 1. The molecule has 0 heterocycles. The average molecular weight is 404 g/mol. The summed E-state index contributed by atoms with van der Waals surface area (Å²) >= 11 is 3.11. The van der Waals surface area contributed by atoms with E-state index in [0.29, 0.717) is 10.0 Å². The van der Waals surface area contributed by atoms with Gasteiger partial charge in [-0.1, -0.05) is 22.0 Å². The van der Waals surface area contributed by atoms with Gasteiger partial charge in [0.1, 0.15) is 5.82 Å². The lowest BCUT2D eigenvalue weighted by atomic mass is 10.1. The molecular formula is C16H13BrF3NO3. The van der Waals surface area contributed by atoms with Crippen molar-refractivity contribution >= 4 is 21.8 Å². The van der Waals surface area contributed by atoms with Gasteiger partial charge in [0, 0.05) is 11.0 Å². The molecule has 0 atom stereocenters. The molecule has 24 heavy (non-hydrogen) atoms. The van der Waals surface area contributed by atoms with Crippen LogP contribution in [0.15, 0.2) is 40.9 Å². The minimum atomic E-state index is -2.97. The Morgan fingerprint density at radius 2 is 1.96 bits per heavy atom. The normalized spacial score (nSPS) is 10.6. The quantitative estimate of drug-likeness (QED) is 0.788. The fraction of sp³-hybridized carbons (Fsp3) is 0.188. The second-order valence-corrected chi connectivity index (χ2v) is 5.59. The molecule has 0 radical (unpaired) electrons. The molecule has 1 amide bonds. The molecule has 0 saturated heterocycles. The summed E-state index contributed by atoms with van der Waals surface area (Å²) in [4.78, 5) is 12.0. The molecule has 0 bridgehead atoms. The Hall–Kier alpha value is -2.22. The summed E-state index contributed by atoms with van der Waals surface area (Å²) in [6.07, 6.45) is 0. The lowest BCUT2D eigenvalue weighted by Gasteiger charge is -2.12. The van der Waals surface area contributed by atoms with Gasteiger partial charge in [0.25, 0.3) is 5.91 Å².